The average molecular weight is 230 g/mol. The van der Waals surface area contributed by atoms with E-state index in [1.54, 1.807) is 6.92 Å². The molecule has 0 radical (unpaired) electrons. The van der Waals surface area contributed by atoms with Gasteiger partial charge < -0.3 is 15.8 Å². The lowest BCUT2D eigenvalue weighted by molar-refractivity contribution is -0.126. The van der Waals surface area contributed by atoms with Gasteiger partial charge in [0.1, 0.15) is 0 Å². The predicted molar refractivity (Wildman–Crippen MR) is 66.2 cm³/mol. The second-order valence-electron chi connectivity index (χ2n) is 4.70. The summed E-state index contributed by atoms with van der Waals surface area (Å²) >= 11 is 0. The first-order valence-electron chi connectivity index (χ1n) is 6.09. The Bertz CT molecular complexity index is 203. The van der Waals surface area contributed by atoms with Crippen LogP contribution in [0, 0.1) is 0 Å². The van der Waals surface area contributed by atoms with E-state index < -0.39 is 5.54 Å². The van der Waals surface area contributed by atoms with Gasteiger partial charge in [0.2, 0.25) is 5.91 Å². The van der Waals surface area contributed by atoms with Gasteiger partial charge in [0.15, 0.2) is 0 Å². The number of hydrogen-bond acceptors (Lipinski definition) is 3. The molecule has 0 spiro atoms. The summed E-state index contributed by atoms with van der Waals surface area (Å²) in [5.41, 5.74) is 5.15. The first-order chi connectivity index (χ1) is 7.40. The van der Waals surface area contributed by atoms with Crippen molar-refractivity contribution in [1.82, 2.24) is 5.32 Å². The molecule has 4 heteroatoms. The zero-order chi connectivity index (χ0) is 12.6. The van der Waals surface area contributed by atoms with Crippen LogP contribution in [0.3, 0.4) is 0 Å². The largest absolute Gasteiger partial charge is 0.379 e. The highest BCUT2D eigenvalue weighted by Crippen LogP contribution is 2.08. The minimum Gasteiger partial charge on any atom is -0.379 e. The monoisotopic (exact) mass is 230 g/mol. The molecule has 0 aromatic carbocycles. The third-order valence-electron chi connectivity index (χ3n) is 2.35. The molecular weight excluding hydrogens is 204 g/mol. The summed E-state index contributed by atoms with van der Waals surface area (Å²) in [4.78, 5) is 11.7. The topological polar surface area (TPSA) is 64.4 Å². The Hall–Kier alpha value is -0.610. The number of amides is 1. The average Bonchev–Trinajstić information content (AvgIpc) is 2.16. The normalized spacial score (nSPS) is 14.9. The van der Waals surface area contributed by atoms with Crippen LogP contribution < -0.4 is 11.1 Å². The van der Waals surface area contributed by atoms with Gasteiger partial charge in [-0.25, -0.2) is 0 Å². The van der Waals surface area contributed by atoms with Gasteiger partial charge in [0.05, 0.1) is 11.6 Å². The molecule has 0 aromatic heterocycles. The summed E-state index contributed by atoms with van der Waals surface area (Å²) in [5.74, 6) is -0.0705. The summed E-state index contributed by atoms with van der Waals surface area (Å²) in [5, 5.41) is 2.84. The molecule has 0 aliphatic carbocycles. The zero-order valence-electron chi connectivity index (χ0n) is 11.0. The molecule has 0 saturated carbocycles. The van der Waals surface area contributed by atoms with Gasteiger partial charge in [0, 0.05) is 13.2 Å². The SMILES string of the molecule is CCCC(C)(N)C(=O)NCCCOC(C)C. The Kier molecular flexibility index (Phi) is 7.34. The molecule has 0 aliphatic rings. The first kappa shape index (κ1) is 15.4. The van der Waals surface area contributed by atoms with E-state index in [2.05, 4.69) is 5.32 Å². The first-order valence-corrected chi connectivity index (χ1v) is 6.09. The van der Waals surface area contributed by atoms with Gasteiger partial charge in [0.25, 0.3) is 0 Å². The molecule has 1 atom stereocenters. The maximum absolute atomic E-state index is 11.7. The number of nitrogens with two attached hydrogens (primary N) is 1. The van der Waals surface area contributed by atoms with Gasteiger partial charge in [-0.1, -0.05) is 13.3 Å². The van der Waals surface area contributed by atoms with Gasteiger partial charge >= 0.3 is 0 Å². The van der Waals surface area contributed by atoms with Gasteiger partial charge in [-0.05, 0) is 33.6 Å². The quantitative estimate of drug-likeness (QED) is 0.620. The maximum atomic E-state index is 11.7. The molecule has 0 aromatic rings. The van der Waals surface area contributed by atoms with E-state index in [9.17, 15) is 4.79 Å². The fraction of sp³-hybridized carbons (Fsp3) is 0.917. The third kappa shape index (κ3) is 6.80. The van der Waals surface area contributed by atoms with Crippen molar-refractivity contribution in [2.75, 3.05) is 13.2 Å². The van der Waals surface area contributed by atoms with Crippen molar-refractivity contribution in [3.63, 3.8) is 0 Å². The summed E-state index contributed by atoms with van der Waals surface area (Å²) in [6.07, 6.45) is 2.69. The molecule has 3 N–H and O–H groups in total. The van der Waals surface area contributed by atoms with E-state index in [1.807, 2.05) is 20.8 Å². The van der Waals surface area contributed by atoms with Crippen molar-refractivity contribution in [2.24, 2.45) is 5.73 Å². The molecule has 16 heavy (non-hydrogen) atoms. The van der Waals surface area contributed by atoms with Crippen LogP contribution in [0.5, 0.6) is 0 Å². The Morgan fingerprint density at radius 1 is 1.50 bits per heavy atom. The number of nitrogens with one attached hydrogen (secondary N) is 1. The van der Waals surface area contributed by atoms with Crippen LogP contribution in [0.4, 0.5) is 0 Å². The molecule has 1 unspecified atom stereocenters. The fourth-order valence-corrected chi connectivity index (χ4v) is 1.43. The number of carbonyl (C=O) groups excluding carboxylic acids is 1. The minimum atomic E-state index is -0.742. The standard InChI is InChI=1S/C12H26N2O2/c1-5-7-12(4,13)11(15)14-8-6-9-16-10(2)3/h10H,5-9,13H2,1-4H3,(H,14,15). The lowest BCUT2D eigenvalue weighted by Crippen LogP contribution is -2.51. The lowest BCUT2D eigenvalue weighted by Gasteiger charge is -2.22. The third-order valence-corrected chi connectivity index (χ3v) is 2.35. The van der Waals surface area contributed by atoms with Crippen LogP contribution in [0.15, 0.2) is 0 Å². The van der Waals surface area contributed by atoms with Crippen molar-refractivity contribution in [1.29, 1.82) is 0 Å². The number of carbonyl (C=O) groups is 1. The molecule has 0 aliphatic heterocycles. The molecular formula is C12H26N2O2. The number of ether oxygens (including phenoxy) is 1. The van der Waals surface area contributed by atoms with Crippen LogP contribution in [-0.4, -0.2) is 30.7 Å². The summed E-state index contributed by atoms with van der Waals surface area (Å²) in [6.45, 7) is 9.09. The van der Waals surface area contributed by atoms with Gasteiger partial charge in [-0.15, -0.1) is 0 Å². The van der Waals surface area contributed by atoms with Crippen molar-refractivity contribution >= 4 is 5.91 Å². The van der Waals surface area contributed by atoms with Gasteiger partial charge in [-0.2, -0.15) is 0 Å². The molecule has 0 heterocycles. The maximum Gasteiger partial charge on any atom is 0.239 e. The van der Waals surface area contributed by atoms with E-state index >= 15 is 0 Å². The van der Waals surface area contributed by atoms with Crippen LogP contribution >= 0.6 is 0 Å². The minimum absolute atomic E-state index is 0.0705. The predicted octanol–water partition coefficient (Wildman–Crippen LogP) is 1.44. The molecule has 96 valence electrons. The smallest absolute Gasteiger partial charge is 0.239 e. The van der Waals surface area contributed by atoms with E-state index in [0.717, 1.165) is 12.8 Å². The van der Waals surface area contributed by atoms with Crippen LogP contribution in [0.25, 0.3) is 0 Å². The molecule has 4 nitrogen and oxygen atoms in total. The summed E-state index contributed by atoms with van der Waals surface area (Å²) in [6, 6.07) is 0. The Morgan fingerprint density at radius 2 is 2.12 bits per heavy atom. The second-order valence-corrected chi connectivity index (χ2v) is 4.70. The summed E-state index contributed by atoms with van der Waals surface area (Å²) < 4.78 is 5.37. The highest BCUT2D eigenvalue weighted by Gasteiger charge is 2.26. The van der Waals surface area contributed by atoms with Crippen LogP contribution in [0.1, 0.15) is 47.0 Å². The Morgan fingerprint density at radius 3 is 2.62 bits per heavy atom. The summed E-state index contributed by atoms with van der Waals surface area (Å²) in [7, 11) is 0. The van der Waals surface area contributed by atoms with E-state index in [4.69, 9.17) is 10.5 Å². The van der Waals surface area contributed by atoms with Crippen molar-refractivity contribution < 1.29 is 9.53 Å². The number of hydrogen-bond donors (Lipinski definition) is 2. The molecule has 0 rings (SSSR count). The van der Waals surface area contributed by atoms with Crippen molar-refractivity contribution in [3.8, 4) is 0 Å². The Balaban J connectivity index is 3.65. The van der Waals surface area contributed by atoms with E-state index in [1.165, 1.54) is 0 Å². The van der Waals surface area contributed by atoms with Crippen molar-refractivity contribution in [2.45, 2.75) is 58.6 Å². The van der Waals surface area contributed by atoms with E-state index in [0.29, 0.717) is 19.6 Å². The fourth-order valence-electron chi connectivity index (χ4n) is 1.43. The second kappa shape index (κ2) is 7.63. The Labute approximate surface area is 98.9 Å². The van der Waals surface area contributed by atoms with Gasteiger partial charge in [-0.3, -0.25) is 4.79 Å². The number of rotatable bonds is 8. The molecule has 0 bridgehead atoms. The van der Waals surface area contributed by atoms with E-state index in [-0.39, 0.29) is 12.0 Å². The van der Waals surface area contributed by atoms with Crippen molar-refractivity contribution in [3.05, 3.63) is 0 Å². The lowest BCUT2D eigenvalue weighted by atomic mass is 9.96. The van der Waals surface area contributed by atoms with Crippen LogP contribution in [0.2, 0.25) is 0 Å². The molecule has 0 saturated heterocycles. The highest BCUT2D eigenvalue weighted by molar-refractivity contribution is 5.85. The molecule has 1 amide bonds. The van der Waals surface area contributed by atoms with Crippen LogP contribution in [-0.2, 0) is 9.53 Å². The highest BCUT2D eigenvalue weighted by atomic mass is 16.5. The zero-order valence-corrected chi connectivity index (χ0v) is 11.0. The molecule has 0 fully saturated rings.